The number of thiophene rings is 1. The summed E-state index contributed by atoms with van der Waals surface area (Å²) >= 11 is 14.2. The zero-order valence-electron chi connectivity index (χ0n) is 19.9. The van der Waals surface area contributed by atoms with Crippen LogP contribution >= 0.6 is 34.5 Å². The largest absolute Gasteiger partial charge is 0.489 e. The number of benzene rings is 2. The van der Waals surface area contributed by atoms with Crippen molar-refractivity contribution in [2.75, 3.05) is 4.90 Å². The van der Waals surface area contributed by atoms with Crippen molar-refractivity contribution >= 4 is 57.1 Å². The number of aromatic carboxylic acids is 1. The molecule has 10 heteroatoms. The fourth-order valence-electron chi connectivity index (χ4n) is 5.21. The molecule has 2 fully saturated rings. The first-order valence-corrected chi connectivity index (χ1v) is 13.9. The monoisotopic (exact) mass is 566 g/mol. The zero-order valence-corrected chi connectivity index (χ0v) is 22.2. The van der Waals surface area contributed by atoms with Gasteiger partial charge < -0.3 is 14.4 Å². The van der Waals surface area contributed by atoms with Gasteiger partial charge in [-0.15, -0.1) is 11.3 Å². The number of carbonyl (C=O) groups excluding carboxylic acids is 1. The standard InChI is InChI=1S/C28H20Cl2N2O5S/c29-19-2-1-3-20(30)23(19)24-17(25(37-31-24)14-4-5-14)12-36-16-6-7-21-18(11-16)28(8-9-28)27(35)32(21)22-10-15(13-38-22)26(33)34/h1-3,6-7,10-11,13-14H,4-5,8-9,12H2,(H,33,34). The third-order valence-corrected chi connectivity index (χ3v) is 9.03. The van der Waals surface area contributed by atoms with Crippen LogP contribution in [0.3, 0.4) is 0 Å². The summed E-state index contributed by atoms with van der Waals surface area (Å²) < 4.78 is 12.0. The van der Waals surface area contributed by atoms with E-state index in [2.05, 4.69) is 5.16 Å². The van der Waals surface area contributed by atoms with Crippen molar-refractivity contribution < 1.29 is 24.0 Å². The molecule has 2 aromatic carbocycles. The van der Waals surface area contributed by atoms with E-state index in [1.54, 1.807) is 34.5 Å². The Morgan fingerprint density at radius 3 is 2.61 bits per heavy atom. The Morgan fingerprint density at radius 2 is 1.95 bits per heavy atom. The number of anilines is 2. The molecule has 3 heterocycles. The molecule has 1 amide bonds. The summed E-state index contributed by atoms with van der Waals surface area (Å²) in [6.07, 6.45) is 3.57. The van der Waals surface area contributed by atoms with Crippen molar-refractivity contribution in [2.24, 2.45) is 0 Å². The predicted molar refractivity (Wildman–Crippen MR) is 144 cm³/mol. The quantitative estimate of drug-likeness (QED) is 0.248. The molecule has 2 saturated carbocycles. The predicted octanol–water partition coefficient (Wildman–Crippen LogP) is 7.57. The van der Waals surface area contributed by atoms with Gasteiger partial charge in [-0.2, -0.15) is 0 Å². The number of carbonyl (C=O) groups is 2. The van der Waals surface area contributed by atoms with E-state index < -0.39 is 11.4 Å². The van der Waals surface area contributed by atoms with Crippen LogP contribution in [-0.2, 0) is 16.8 Å². The molecule has 1 N–H and O–H groups in total. The highest BCUT2D eigenvalue weighted by Gasteiger charge is 2.60. The Bertz CT molecular complexity index is 1620. The summed E-state index contributed by atoms with van der Waals surface area (Å²) in [7, 11) is 0. The summed E-state index contributed by atoms with van der Waals surface area (Å²) in [6.45, 7) is 0.211. The normalized spacial score (nSPS) is 17.2. The number of nitrogens with zero attached hydrogens (tertiary/aromatic N) is 2. The lowest BCUT2D eigenvalue weighted by Crippen LogP contribution is -2.27. The number of hydrogen-bond donors (Lipinski definition) is 1. The van der Waals surface area contributed by atoms with E-state index in [1.165, 1.54) is 11.3 Å². The lowest BCUT2D eigenvalue weighted by Gasteiger charge is -2.16. The Morgan fingerprint density at radius 1 is 1.18 bits per heavy atom. The Balaban J connectivity index is 1.21. The molecule has 0 saturated heterocycles. The van der Waals surface area contributed by atoms with Crippen LogP contribution in [0.25, 0.3) is 11.3 Å². The molecule has 0 atom stereocenters. The number of rotatable bonds is 7. The Hall–Kier alpha value is -3.33. The number of halogens is 2. The van der Waals surface area contributed by atoms with Crippen molar-refractivity contribution in [3.05, 3.63) is 80.3 Å². The first kappa shape index (κ1) is 23.8. The van der Waals surface area contributed by atoms with Gasteiger partial charge in [0.1, 0.15) is 28.8 Å². The summed E-state index contributed by atoms with van der Waals surface area (Å²) in [6, 6.07) is 12.5. The molecule has 0 radical (unpaired) electrons. The van der Waals surface area contributed by atoms with Gasteiger partial charge in [0.2, 0.25) is 5.91 Å². The second kappa shape index (κ2) is 8.59. The molecule has 2 aromatic heterocycles. The molecule has 2 aliphatic carbocycles. The van der Waals surface area contributed by atoms with Gasteiger partial charge in [-0.3, -0.25) is 9.69 Å². The van der Waals surface area contributed by atoms with Crippen LogP contribution in [-0.4, -0.2) is 22.1 Å². The van der Waals surface area contributed by atoms with Gasteiger partial charge in [-0.05, 0) is 67.6 Å². The number of aromatic nitrogens is 1. The maximum Gasteiger partial charge on any atom is 0.336 e. The average molecular weight is 567 g/mol. The van der Waals surface area contributed by atoms with Gasteiger partial charge in [-0.1, -0.05) is 34.4 Å². The first-order valence-electron chi connectivity index (χ1n) is 12.2. The molecule has 1 spiro atoms. The average Bonchev–Trinajstić information content (AvgIpc) is 3.79. The van der Waals surface area contributed by atoms with Crippen LogP contribution in [0.5, 0.6) is 5.75 Å². The van der Waals surface area contributed by atoms with Crippen LogP contribution < -0.4 is 9.64 Å². The lowest BCUT2D eigenvalue weighted by molar-refractivity contribution is -0.119. The van der Waals surface area contributed by atoms with Gasteiger partial charge in [0, 0.05) is 16.9 Å². The second-order valence-electron chi connectivity index (χ2n) is 9.91. The van der Waals surface area contributed by atoms with E-state index in [4.69, 9.17) is 32.5 Å². The minimum atomic E-state index is -1.01. The smallest absolute Gasteiger partial charge is 0.336 e. The second-order valence-corrected chi connectivity index (χ2v) is 11.6. The topological polar surface area (TPSA) is 92.9 Å². The minimum Gasteiger partial charge on any atom is -0.489 e. The van der Waals surface area contributed by atoms with Gasteiger partial charge in [0.25, 0.3) is 0 Å². The number of amides is 1. The number of hydrogen-bond acceptors (Lipinski definition) is 6. The van der Waals surface area contributed by atoms with E-state index >= 15 is 0 Å². The SMILES string of the molecule is O=C(O)c1csc(N2C(=O)C3(CC3)c3cc(OCc4c(-c5c(Cl)cccc5Cl)noc4C4CC4)ccc32)c1. The van der Waals surface area contributed by atoms with Crippen molar-refractivity contribution in [3.63, 3.8) is 0 Å². The maximum atomic E-state index is 13.5. The summed E-state index contributed by atoms with van der Waals surface area (Å²) in [5, 5.41) is 16.8. The summed E-state index contributed by atoms with van der Waals surface area (Å²) in [5.74, 6) is 0.694. The molecule has 0 bridgehead atoms. The van der Waals surface area contributed by atoms with Gasteiger partial charge in [0.05, 0.1) is 32.3 Å². The summed E-state index contributed by atoms with van der Waals surface area (Å²) in [5.41, 5.74) is 3.30. The van der Waals surface area contributed by atoms with Crippen molar-refractivity contribution in [2.45, 2.75) is 43.6 Å². The lowest BCUT2D eigenvalue weighted by atomic mass is 9.98. The van der Waals surface area contributed by atoms with E-state index in [-0.39, 0.29) is 18.1 Å². The Kier molecular flexibility index (Phi) is 5.37. The van der Waals surface area contributed by atoms with E-state index in [9.17, 15) is 14.7 Å². The molecule has 192 valence electrons. The first-order chi connectivity index (χ1) is 18.4. The highest BCUT2D eigenvalue weighted by atomic mass is 35.5. The maximum absolute atomic E-state index is 13.5. The van der Waals surface area contributed by atoms with Crippen LogP contribution in [0.4, 0.5) is 10.7 Å². The molecular weight excluding hydrogens is 547 g/mol. The number of ether oxygens (including phenoxy) is 1. The number of carboxylic acids is 1. The van der Waals surface area contributed by atoms with E-state index in [0.717, 1.165) is 48.3 Å². The molecular formula is C28H20Cl2N2O5S. The van der Waals surface area contributed by atoms with E-state index in [0.29, 0.717) is 38.0 Å². The van der Waals surface area contributed by atoms with Crippen LogP contribution in [0.15, 0.2) is 52.4 Å². The van der Waals surface area contributed by atoms with Crippen molar-refractivity contribution in [3.8, 4) is 17.0 Å². The van der Waals surface area contributed by atoms with Gasteiger partial charge in [0.15, 0.2) is 0 Å². The molecule has 38 heavy (non-hydrogen) atoms. The van der Waals surface area contributed by atoms with Gasteiger partial charge >= 0.3 is 5.97 Å². The van der Waals surface area contributed by atoms with Crippen LogP contribution in [0, 0.1) is 0 Å². The summed E-state index contributed by atoms with van der Waals surface area (Å²) in [4.78, 5) is 26.5. The fourth-order valence-corrected chi connectivity index (χ4v) is 6.68. The molecule has 7 nitrogen and oxygen atoms in total. The molecule has 4 aromatic rings. The highest BCUT2D eigenvalue weighted by molar-refractivity contribution is 7.14. The van der Waals surface area contributed by atoms with Crippen molar-refractivity contribution in [1.29, 1.82) is 0 Å². The zero-order chi connectivity index (χ0) is 26.2. The minimum absolute atomic E-state index is 0.0193. The highest BCUT2D eigenvalue weighted by Crippen LogP contribution is 2.60. The van der Waals surface area contributed by atoms with Crippen LogP contribution in [0.2, 0.25) is 10.0 Å². The molecule has 1 aliphatic heterocycles. The number of fused-ring (bicyclic) bond motifs is 2. The van der Waals surface area contributed by atoms with Gasteiger partial charge in [-0.25, -0.2) is 4.79 Å². The molecule has 7 rings (SSSR count). The van der Waals surface area contributed by atoms with Crippen molar-refractivity contribution in [1.82, 2.24) is 5.16 Å². The fraction of sp³-hybridized carbons (Fsp3) is 0.250. The molecule has 3 aliphatic rings. The van der Waals surface area contributed by atoms with Crippen LogP contribution in [0.1, 0.15) is 58.8 Å². The third-order valence-electron chi connectivity index (χ3n) is 7.49. The molecule has 0 unspecified atom stereocenters. The Labute approximate surface area is 231 Å². The van der Waals surface area contributed by atoms with E-state index in [1.807, 2.05) is 18.2 Å². The number of carboxylic acid groups (broad SMARTS) is 1. The third kappa shape index (κ3) is 3.66.